The van der Waals surface area contributed by atoms with Gasteiger partial charge in [-0.1, -0.05) is 32.0 Å². The summed E-state index contributed by atoms with van der Waals surface area (Å²) in [5.74, 6) is 0.738. The van der Waals surface area contributed by atoms with E-state index in [4.69, 9.17) is 23.9 Å². The summed E-state index contributed by atoms with van der Waals surface area (Å²) in [6, 6.07) is 13.0. The predicted octanol–water partition coefficient (Wildman–Crippen LogP) is 8.97. The number of benzene rings is 2. The lowest BCUT2D eigenvalue weighted by molar-refractivity contribution is -0.164. The quantitative estimate of drug-likeness (QED) is 0.197. The minimum Gasteiger partial charge on any atom is -0.490 e. The monoisotopic (exact) mass is 728 g/mol. The summed E-state index contributed by atoms with van der Waals surface area (Å²) < 4.78 is 42.0. The van der Waals surface area contributed by atoms with Crippen molar-refractivity contribution in [2.75, 3.05) is 31.7 Å². The number of fused-ring (bicyclic) bond motifs is 8. The van der Waals surface area contributed by atoms with Crippen LogP contribution in [0.2, 0.25) is 0 Å². The number of hydrogen-bond donors (Lipinski definition) is 1. The van der Waals surface area contributed by atoms with Crippen LogP contribution in [-0.2, 0) is 25.5 Å². The van der Waals surface area contributed by atoms with Crippen molar-refractivity contribution in [1.29, 1.82) is 0 Å². The van der Waals surface area contributed by atoms with Gasteiger partial charge >= 0.3 is 5.97 Å². The molecular formula is C43H57FN4O5. The first-order valence-corrected chi connectivity index (χ1v) is 19.2. The Kier molecular flexibility index (Phi) is 11.5. The minimum atomic E-state index is -0.977. The largest absolute Gasteiger partial charge is 0.490 e. The summed E-state index contributed by atoms with van der Waals surface area (Å²) in [6.07, 6.45) is 5.42. The molecule has 1 fully saturated rings. The maximum atomic E-state index is 14.8. The Morgan fingerprint density at radius 1 is 1.11 bits per heavy atom. The van der Waals surface area contributed by atoms with E-state index in [0.717, 1.165) is 90.2 Å². The SMILES string of the molecule is COC(=O)C(OC(C)(C)C)c1c(C)c(CNC(C)C)c2nc3cn2c1N1CCC(C)(CC1)OCCCCC(C)Oc1ccc(F)cc1-c1cccc-3c1. The van der Waals surface area contributed by atoms with Gasteiger partial charge in [-0.25, -0.2) is 14.2 Å². The Morgan fingerprint density at radius 3 is 2.55 bits per heavy atom. The lowest BCUT2D eigenvalue weighted by Crippen LogP contribution is -2.46. The molecule has 0 radical (unpaired) electrons. The number of carbonyl (C=O) groups excluding carboxylic acids is 1. The van der Waals surface area contributed by atoms with Crippen molar-refractivity contribution in [2.24, 2.45) is 0 Å². The Balaban J connectivity index is 1.62. The van der Waals surface area contributed by atoms with Crippen LogP contribution in [-0.4, -0.2) is 65.5 Å². The normalized spacial score (nSPS) is 20.4. The van der Waals surface area contributed by atoms with Crippen LogP contribution in [0.5, 0.6) is 5.75 Å². The fraction of sp³-hybridized carbons (Fsp3) is 0.535. The van der Waals surface area contributed by atoms with E-state index in [2.05, 4.69) is 61.5 Å². The molecule has 0 saturated carbocycles. The second-order valence-corrected chi connectivity index (χ2v) is 16.3. The standard InChI is InChI=1S/C43H57FN4O5/c1-27(2)45-25-34-29(4)37(38(41(49)50-9)53-42(5,6)7)40-47-20-18-43(8,19-21-47)51-22-11-10-13-28(3)52-36-17-16-32(44)24-33(36)30-14-12-15-31(23-30)35-26-48(40)39(34)46-35/h12,14-17,23-24,26-28,38,45H,10-11,13,18-22,25H2,1-9H3. The highest BCUT2D eigenvalue weighted by atomic mass is 19.1. The van der Waals surface area contributed by atoms with Crippen LogP contribution in [0.4, 0.5) is 10.2 Å². The number of imidazole rings is 1. The number of piperidine rings is 1. The van der Waals surface area contributed by atoms with Gasteiger partial charge in [-0.3, -0.25) is 4.40 Å². The van der Waals surface area contributed by atoms with Crippen molar-refractivity contribution in [2.45, 2.75) is 123 Å². The lowest BCUT2D eigenvalue weighted by Gasteiger charge is -2.42. The summed E-state index contributed by atoms with van der Waals surface area (Å²) in [5.41, 5.74) is 5.74. The maximum Gasteiger partial charge on any atom is 0.339 e. The summed E-state index contributed by atoms with van der Waals surface area (Å²) in [7, 11) is 1.41. The van der Waals surface area contributed by atoms with Crippen LogP contribution in [0.15, 0.2) is 48.7 Å². The van der Waals surface area contributed by atoms with Crippen LogP contribution in [0.1, 0.15) is 103 Å². The molecule has 0 aliphatic carbocycles. The molecular weight excluding hydrogens is 671 g/mol. The zero-order valence-corrected chi connectivity index (χ0v) is 33.0. The van der Waals surface area contributed by atoms with Crippen LogP contribution >= 0.6 is 0 Å². The number of hydrogen-bond acceptors (Lipinski definition) is 8. The minimum absolute atomic E-state index is 0.0462. The van der Waals surface area contributed by atoms with Gasteiger partial charge in [-0.05, 0) is 109 Å². The second kappa shape index (κ2) is 15.8. The lowest BCUT2D eigenvalue weighted by atomic mass is 9.91. The van der Waals surface area contributed by atoms with E-state index in [1.807, 2.05) is 39.0 Å². The number of carbonyl (C=O) groups is 1. The van der Waals surface area contributed by atoms with E-state index in [-0.39, 0.29) is 23.6 Å². The average Bonchev–Trinajstić information content (AvgIpc) is 3.55. The predicted molar refractivity (Wildman–Crippen MR) is 208 cm³/mol. The molecule has 9 nitrogen and oxygen atoms in total. The van der Waals surface area contributed by atoms with Gasteiger partial charge in [0, 0.05) is 60.7 Å². The molecule has 1 N–H and O–H groups in total. The molecule has 5 heterocycles. The number of rotatable bonds is 6. The van der Waals surface area contributed by atoms with E-state index in [0.29, 0.717) is 24.5 Å². The number of pyridine rings is 1. The molecule has 6 bridgehead atoms. The van der Waals surface area contributed by atoms with Gasteiger partial charge in [-0.15, -0.1) is 0 Å². The number of aromatic nitrogens is 2. The molecule has 2 atom stereocenters. The Hall–Kier alpha value is -3.99. The molecule has 1 saturated heterocycles. The molecule has 53 heavy (non-hydrogen) atoms. The van der Waals surface area contributed by atoms with Gasteiger partial charge in [0.25, 0.3) is 0 Å². The average molecular weight is 729 g/mol. The number of methoxy groups -OCH3 is 1. The fourth-order valence-corrected chi connectivity index (χ4v) is 7.50. The van der Waals surface area contributed by atoms with Gasteiger partial charge in [-0.2, -0.15) is 0 Å². The van der Waals surface area contributed by atoms with Crippen molar-refractivity contribution in [1.82, 2.24) is 14.7 Å². The van der Waals surface area contributed by atoms with Gasteiger partial charge in [0.1, 0.15) is 23.0 Å². The molecule has 2 aromatic heterocycles. The molecule has 286 valence electrons. The highest BCUT2D eigenvalue weighted by molar-refractivity contribution is 5.83. The van der Waals surface area contributed by atoms with Gasteiger partial charge < -0.3 is 29.2 Å². The van der Waals surface area contributed by atoms with E-state index in [1.165, 1.54) is 13.2 Å². The maximum absolute atomic E-state index is 14.8. The van der Waals surface area contributed by atoms with Crippen LogP contribution in [0.3, 0.4) is 0 Å². The summed E-state index contributed by atoms with van der Waals surface area (Å²) in [6.45, 7) is 19.1. The molecule has 3 aliphatic rings. The van der Waals surface area contributed by atoms with Crippen molar-refractivity contribution < 1.29 is 28.1 Å². The Bertz CT molecular complexity index is 1920. The van der Waals surface area contributed by atoms with Crippen molar-refractivity contribution in [3.8, 4) is 28.1 Å². The molecule has 4 aromatic rings. The topological polar surface area (TPSA) is 86.6 Å². The summed E-state index contributed by atoms with van der Waals surface area (Å²) in [4.78, 5) is 21.5. The van der Waals surface area contributed by atoms with Gasteiger partial charge in [0.05, 0.1) is 30.1 Å². The third-order valence-corrected chi connectivity index (χ3v) is 10.5. The van der Waals surface area contributed by atoms with Crippen molar-refractivity contribution >= 4 is 17.4 Å². The number of nitrogens with zero attached hydrogens (tertiary/aromatic N) is 3. The number of halogens is 1. The van der Waals surface area contributed by atoms with Gasteiger partial charge in [0.15, 0.2) is 6.10 Å². The van der Waals surface area contributed by atoms with Gasteiger partial charge in [0.2, 0.25) is 0 Å². The first-order chi connectivity index (χ1) is 25.2. The molecule has 0 amide bonds. The number of anilines is 1. The van der Waals surface area contributed by atoms with Crippen LogP contribution in [0, 0.1) is 12.7 Å². The first-order valence-electron chi connectivity index (χ1n) is 19.2. The molecule has 10 heteroatoms. The molecule has 0 spiro atoms. The zero-order chi connectivity index (χ0) is 38.1. The van der Waals surface area contributed by atoms with E-state index >= 15 is 0 Å². The molecule has 2 unspecified atom stereocenters. The summed E-state index contributed by atoms with van der Waals surface area (Å²) in [5, 5.41) is 3.60. The fourth-order valence-electron chi connectivity index (χ4n) is 7.50. The second-order valence-electron chi connectivity index (χ2n) is 16.3. The van der Waals surface area contributed by atoms with Crippen LogP contribution < -0.4 is 15.0 Å². The van der Waals surface area contributed by atoms with E-state index in [1.54, 1.807) is 12.1 Å². The third-order valence-electron chi connectivity index (χ3n) is 10.5. The van der Waals surface area contributed by atoms with E-state index in [9.17, 15) is 9.18 Å². The Labute approximate surface area is 314 Å². The zero-order valence-electron chi connectivity index (χ0n) is 33.0. The molecule has 2 aromatic carbocycles. The number of ether oxygens (including phenoxy) is 4. The highest BCUT2D eigenvalue weighted by Gasteiger charge is 2.38. The van der Waals surface area contributed by atoms with Crippen molar-refractivity contribution in [3.05, 3.63) is 71.2 Å². The molecule has 3 aliphatic heterocycles. The molecule has 7 rings (SSSR count). The highest BCUT2D eigenvalue weighted by Crippen LogP contribution is 2.42. The first kappa shape index (κ1) is 38.7. The van der Waals surface area contributed by atoms with Crippen molar-refractivity contribution in [3.63, 3.8) is 0 Å². The third kappa shape index (κ3) is 8.71. The smallest absolute Gasteiger partial charge is 0.339 e. The number of esters is 1. The number of nitrogens with one attached hydrogen (secondary N) is 1. The van der Waals surface area contributed by atoms with Crippen LogP contribution in [0.25, 0.3) is 28.0 Å². The summed E-state index contributed by atoms with van der Waals surface area (Å²) >= 11 is 0. The Morgan fingerprint density at radius 2 is 1.85 bits per heavy atom. The van der Waals surface area contributed by atoms with E-state index < -0.39 is 17.7 Å².